The van der Waals surface area contributed by atoms with Gasteiger partial charge >= 0.3 is 0 Å². The number of aryl methyl sites for hydroxylation is 1. The number of H-pyrrole nitrogens is 1. The first-order valence-electron chi connectivity index (χ1n) is 10.6. The summed E-state index contributed by atoms with van der Waals surface area (Å²) in [6.07, 6.45) is 5.51. The van der Waals surface area contributed by atoms with Crippen molar-refractivity contribution in [1.29, 1.82) is 0 Å². The van der Waals surface area contributed by atoms with Gasteiger partial charge < -0.3 is 14.5 Å². The molecule has 10 heteroatoms. The summed E-state index contributed by atoms with van der Waals surface area (Å²) >= 11 is 0. The van der Waals surface area contributed by atoms with E-state index in [9.17, 15) is 0 Å². The van der Waals surface area contributed by atoms with E-state index in [2.05, 4.69) is 49.3 Å². The molecule has 6 rings (SSSR count). The van der Waals surface area contributed by atoms with Crippen molar-refractivity contribution in [1.82, 2.24) is 34.7 Å². The molecule has 6 heterocycles. The molecule has 2 fully saturated rings. The number of nitrogens with zero attached hydrogens (tertiary/aromatic N) is 8. The fourth-order valence-corrected chi connectivity index (χ4v) is 4.65. The fourth-order valence-electron chi connectivity index (χ4n) is 4.65. The molecule has 2 aliphatic rings. The summed E-state index contributed by atoms with van der Waals surface area (Å²) in [5.74, 6) is 3.36. The van der Waals surface area contributed by atoms with Crippen molar-refractivity contribution in [2.75, 3.05) is 42.6 Å². The van der Waals surface area contributed by atoms with E-state index < -0.39 is 0 Å². The number of fused-ring (bicyclic) bond motifs is 1. The predicted octanol–water partition coefficient (Wildman–Crippen LogP) is 1.71. The normalized spacial score (nSPS) is 19.9. The topological polar surface area (TPSA) is 92.9 Å². The Morgan fingerprint density at radius 1 is 1.16 bits per heavy atom. The van der Waals surface area contributed by atoms with Crippen molar-refractivity contribution in [3.05, 3.63) is 42.4 Å². The Bertz CT molecular complexity index is 1210. The maximum atomic E-state index is 5.65. The van der Waals surface area contributed by atoms with Gasteiger partial charge in [0.15, 0.2) is 11.5 Å². The number of hydrogen-bond acceptors (Lipinski definition) is 7. The van der Waals surface area contributed by atoms with Crippen LogP contribution in [0.15, 0.2) is 36.8 Å². The molecule has 0 unspecified atom stereocenters. The van der Waals surface area contributed by atoms with Crippen molar-refractivity contribution in [2.45, 2.75) is 18.9 Å². The van der Waals surface area contributed by atoms with E-state index in [4.69, 9.17) is 9.72 Å². The van der Waals surface area contributed by atoms with Gasteiger partial charge in [0.2, 0.25) is 0 Å². The number of aromatic nitrogens is 7. The zero-order chi connectivity index (χ0) is 20.9. The zero-order valence-corrected chi connectivity index (χ0v) is 17.6. The molecule has 2 saturated heterocycles. The van der Waals surface area contributed by atoms with Crippen molar-refractivity contribution >= 4 is 22.7 Å². The zero-order valence-electron chi connectivity index (χ0n) is 17.6. The van der Waals surface area contributed by atoms with Gasteiger partial charge in [-0.3, -0.25) is 9.78 Å². The van der Waals surface area contributed by atoms with Crippen molar-refractivity contribution in [2.24, 2.45) is 7.05 Å². The number of ether oxygens (including phenoxy) is 1. The summed E-state index contributed by atoms with van der Waals surface area (Å²) in [6.45, 7) is 6.36. The standard InChI is InChI=1S/C21H25N9O/c1-14-13-31-8-7-29(14)19-9-16(15-11-28(12-15)20-4-6-23-27(20)2)17-10-24-30(21(17)25-19)18-3-5-22-26-18/h3-6,9-10,14-15H,7-8,11-13H2,1-2H3,(H,22,26)/t14-/m1/s1. The van der Waals surface area contributed by atoms with Crippen LogP contribution in [0.3, 0.4) is 0 Å². The van der Waals surface area contributed by atoms with Gasteiger partial charge in [0.1, 0.15) is 11.6 Å². The molecule has 4 aromatic rings. The average molecular weight is 419 g/mol. The number of hydrogen-bond donors (Lipinski definition) is 1. The van der Waals surface area contributed by atoms with Crippen LogP contribution in [-0.2, 0) is 11.8 Å². The van der Waals surface area contributed by atoms with Gasteiger partial charge in [-0.25, -0.2) is 4.98 Å². The molecule has 160 valence electrons. The summed E-state index contributed by atoms with van der Waals surface area (Å²) in [7, 11) is 1.99. The molecule has 0 bridgehead atoms. The Kier molecular flexibility index (Phi) is 4.20. The quantitative estimate of drug-likeness (QED) is 0.538. The number of aromatic amines is 1. The lowest BCUT2D eigenvalue weighted by atomic mass is 9.90. The minimum absolute atomic E-state index is 0.280. The molecule has 0 saturated carbocycles. The molecule has 0 aliphatic carbocycles. The number of pyridine rings is 1. The molecule has 10 nitrogen and oxygen atoms in total. The second-order valence-electron chi connectivity index (χ2n) is 8.34. The molecule has 1 N–H and O–H groups in total. The van der Waals surface area contributed by atoms with E-state index in [1.165, 1.54) is 5.56 Å². The molecule has 4 aromatic heterocycles. The van der Waals surface area contributed by atoms with Crippen LogP contribution in [0.5, 0.6) is 0 Å². The van der Waals surface area contributed by atoms with Gasteiger partial charge in [-0.05, 0) is 18.6 Å². The Morgan fingerprint density at radius 3 is 2.81 bits per heavy atom. The largest absolute Gasteiger partial charge is 0.377 e. The Labute approximate surface area is 179 Å². The van der Waals surface area contributed by atoms with Gasteiger partial charge in [-0.15, -0.1) is 0 Å². The molecule has 0 radical (unpaired) electrons. The molecule has 1 atom stereocenters. The number of rotatable bonds is 4. The minimum Gasteiger partial charge on any atom is -0.377 e. The van der Waals surface area contributed by atoms with Crippen LogP contribution in [0.2, 0.25) is 0 Å². The third-order valence-electron chi connectivity index (χ3n) is 6.38. The third-order valence-corrected chi connectivity index (χ3v) is 6.38. The molecule has 0 aromatic carbocycles. The van der Waals surface area contributed by atoms with Crippen molar-refractivity contribution in [3.63, 3.8) is 0 Å². The fraction of sp³-hybridized carbons (Fsp3) is 0.429. The van der Waals surface area contributed by atoms with Gasteiger partial charge in [0, 0.05) is 50.1 Å². The van der Waals surface area contributed by atoms with Crippen LogP contribution in [-0.4, -0.2) is 73.6 Å². The molecule has 2 aliphatic heterocycles. The highest BCUT2D eigenvalue weighted by atomic mass is 16.5. The number of anilines is 2. The summed E-state index contributed by atoms with van der Waals surface area (Å²) in [4.78, 5) is 9.75. The van der Waals surface area contributed by atoms with Crippen LogP contribution in [0.1, 0.15) is 18.4 Å². The number of morpholine rings is 1. The third kappa shape index (κ3) is 2.97. The number of nitrogens with one attached hydrogen (secondary N) is 1. The summed E-state index contributed by atoms with van der Waals surface area (Å²) in [5.41, 5.74) is 2.15. The first kappa shape index (κ1) is 18.4. The lowest BCUT2D eigenvalue weighted by Gasteiger charge is -2.41. The molecular weight excluding hydrogens is 394 g/mol. The van der Waals surface area contributed by atoms with Crippen LogP contribution in [0.25, 0.3) is 16.9 Å². The van der Waals surface area contributed by atoms with Gasteiger partial charge in [0.25, 0.3) is 0 Å². The molecule has 0 spiro atoms. The Morgan fingerprint density at radius 2 is 2.06 bits per heavy atom. The van der Waals surface area contributed by atoms with Crippen LogP contribution < -0.4 is 9.80 Å². The van der Waals surface area contributed by atoms with E-state index in [0.29, 0.717) is 12.5 Å². The molecule has 0 amide bonds. The maximum Gasteiger partial charge on any atom is 0.167 e. The molecular formula is C21H25N9O. The Hall–Kier alpha value is -3.40. The first-order chi connectivity index (χ1) is 15.2. The van der Waals surface area contributed by atoms with Crippen molar-refractivity contribution in [3.8, 4) is 5.82 Å². The van der Waals surface area contributed by atoms with E-state index in [-0.39, 0.29) is 6.04 Å². The van der Waals surface area contributed by atoms with Gasteiger partial charge in [-0.1, -0.05) is 0 Å². The van der Waals surface area contributed by atoms with Gasteiger partial charge in [-0.2, -0.15) is 20.0 Å². The predicted molar refractivity (Wildman–Crippen MR) is 117 cm³/mol. The second kappa shape index (κ2) is 7.09. The second-order valence-corrected chi connectivity index (χ2v) is 8.34. The van der Waals surface area contributed by atoms with E-state index in [1.54, 1.807) is 6.20 Å². The highest BCUT2D eigenvalue weighted by molar-refractivity contribution is 5.83. The van der Waals surface area contributed by atoms with Crippen LogP contribution >= 0.6 is 0 Å². The first-order valence-corrected chi connectivity index (χ1v) is 10.6. The summed E-state index contributed by atoms with van der Waals surface area (Å²) in [5, 5.41) is 17.1. The lowest BCUT2D eigenvalue weighted by molar-refractivity contribution is 0.0985. The smallest absolute Gasteiger partial charge is 0.167 e. The van der Waals surface area contributed by atoms with E-state index >= 15 is 0 Å². The highest BCUT2D eigenvalue weighted by Gasteiger charge is 2.33. The monoisotopic (exact) mass is 419 g/mol. The SMILES string of the molecule is C[C@@H]1COCCN1c1cc(C2CN(c3ccnn3C)C2)c2cnn(-c3ccn[nH]3)c2n1. The van der Waals surface area contributed by atoms with Gasteiger partial charge in [0.05, 0.1) is 37.8 Å². The minimum atomic E-state index is 0.280. The average Bonchev–Trinajstić information content (AvgIpc) is 3.48. The highest BCUT2D eigenvalue weighted by Crippen LogP contribution is 2.37. The summed E-state index contributed by atoms with van der Waals surface area (Å²) in [6, 6.07) is 6.51. The van der Waals surface area contributed by atoms with Crippen LogP contribution in [0.4, 0.5) is 11.6 Å². The maximum absolute atomic E-state index is 5.65. The van der Waals surface area contributed by atoms with E-state index in [0.717, 1.165) is 54.7 Å². The molecule has 31 heavy (non-hydrogen) atoms. The van der Waals surface area contributed by atoms with E-state index in [1.807, 2.05) is 34.9 Å². The lowest BCUT2D eigenvalue weighted by Crippen LogP contribution is -2.46. The Balaban J connectivity index is 1.42. The summed E-state index contributed by atoms with van der Waals surface area (Å²) < 4.78 is 9.42. The van der Waals surface area contributed by atoms with Crippen molar-refractivity contribution < 1.29 is 4.74 Å². The van der Waals surface area contributed by atoms with Crippen LogP contribution in [0, 0.1) is 0 Å².